The van der Waals surface area contributed by atoms with Crippen molar-refractivity contribution in [1.82, 2.24) is 19.8 Å². The van der Waals surface area contributed by atoms with E-state index in [1.165, 1.54) is 4.90 Å². The van der Waals surface area contributed by atoms with E-state index in [0.717, 1.165) is 11.9 Å². The number of hydrogen-bond donors (Lipinski definition) is 2. The number of hydrogen-bond acceptors (Lipinski definition) is 4. The van der Waals surface area contributed by atoms with E-state index in [4.69, 9.17) is 5.11 Å². The highest BCUT2D eigenvalue weighted by Crippen LogP contribution is 2.09. The lowest BCUT2D eigenvalue weighted by Gasteiger charge is -2.27. The second-order valence-corrected chi connectivity index (χ2v) is 3.92. The van der Waals surface area contributed by atoms with Crippen LogP contribution in [0.1, 0.15) is 5.82 Å². The third-order valence-corrected chi connectivity index (χ3v) is 2.64. The monoisotopic (exact) mass is 264 g/mol. The summed E-state index contributed by atoms with van der Waals surface area (Å²) in [6, 6.07) is -0.561. The van der Waals surface area contributed by atoms with Crippen LogP contribution in [0.15, 0.2) is 24.5 Å². The minimum Gasteiger partial charge on any atom is -0.478 e. The first kappa shape index (κ1) is 12.8. The number of aromatic nitrogens is 2. The molecule has 0 aliphatic carbocycles. The number of carbonyl (C=O) groups is 3. The highest BCUT2D eigenvalue weighted by molar-refractivity contribution is 6.02. The third kappa shape index (κ3) is 3.18. The fourth-order valence-electron chi connectivity index (χ4n) is 1.72. The first-order chi connectivity index (χ1) is 9.06. The van der Waals surface area contributed by atoms with Gasteiger partial charge >= 0.3 is 12.0 Å². The molecule has 1 aromatic rings. The summed E-state index contributed by atoms with van der Waals surface area (Å²) in [6.07, 6.45) is 4.94. The fraction of sp³-hybridized carbons (Fsp3) is 0.273. The Hall–Kier alpha value is -2.64. The zero-order chi connectivity index (χ0) is 13.8. The maximum Gasteiger partial charge on any atom is 0.328 e. The molecule has 0 saturated heterocycles. The number of aliphatic carboxylic acids is 1. The number of rotatable bonds is 2. The molecule has 0 fully saturated rings. The topological polar surface area (TPSA) is 105 Å². The number of carboxylic acids is 1. The van der Waals surface area contributed by atoms with Crippen LogP contribution >= 0.6 is 0 Å². The summed E-state index contributed by atoms with van der Waals surface area (Å²) in [7, 11) is 0. The molecule has 1 aromatic heterocycles. The Morgan fingerprint density at radius 1 is 1.32 bits per heavy atom. The predicted molar refractivity (Wildman–Crippen MR) is 63.0 cm³/mol. The quantitative estimate of drug-likeness (QED) is 0.706. The van der Waals surface area contributed by atoms with Crippen LogP contribution in [0, 0.1) is 0 Å². The van der Waals surface area contributed by atoms with Crippen molar-refractivity contribution in [1.29, 1.82) is 0 Å². The Morgan fingerprint density at radius 2 is 2.11 bits per heavy atom. The molecule has 0 atom stereocenters. The summed E-state index contributed by atoms with van der Waals surface area (Å²) in [6.45, 7) is 1.39. The van der Waals surface area contributed by atoms with Crippen molar-refractivity contribution < 1.29 is 19.5 Å². The zero-order valence-electron chi connectivity index (χ0n) is 9.94. The van der Waals surface area contributed by atoms with E-state index in [0.29, 0.717) is 25.7 Å². The molecule has 8 nitrogen and oxygen atoms in total. The molecule has 2 rings (SSSR count). The molecule has 0 radical (unpaired) electrons. The van der Waals surface area contributed by atoms with Gasteiger partial charge in [0.2, 0.25) is 0 Å². The number of fused-ring (bicyclic) bond motifs is 1. The van der Waals surface area contributed by atoms with E-state index in [-0.39, 0.29) is 0 Å². The molecule has 0 spiro atoms. The van der Waals surface area contributed by atoms with Crippen molar-refractivity contribution in [3.8, 4) is 0 Å². The molecule has 0 aromatic carbocycles. The molecular formula is C11H12N4O4. The van der Waals surface area contributed by atoms with E-state index in [1.807, 2.05) is 10.8 Å². The Balaban J connectivity index is 1.91. The molecule has 8 heteroatoms. The van der Waals surface area contributed by atoms with Crippen LogP contribution in [0.4, 0.5) is 4.79 Å². The number of urea groups is 1. The summed E-state index contributed by atoms with van der Waals surface area (Å²) < 4.78 is 1.93. The van der Waals surface area contributed by atoms with Gasteiger partial charge in [0.05, 0.1) is 6.54 Å². The maximum absolute atomic E-state index is 11.8. The average Bonchev–Trinajstić information content (AvgIpc) is 2.83. The normalized spacial score (nSPS) is 14.2. The number of imide groups is 1. The lowest BCUT2D eigenvalue weighted by molar-refractivity contribution is -0.131. The molecule has 0 saturated carbocycles. The zero-order valence-corrected chi connectivity index (χ0v) is 9.94. The summed E-state index contributed by atoms with van der Waals surface area (Å²) in [4.78, 5) is 38.8. The van der Waals surface area contributed by atoms with Gasteiger partial charge in [0, 0.05) is 37.6 Å². The van der Waals surface area contributed by atoms with Crippen LogP contribution in [-0.2, 0) is 22.7 Å². The minimum atomic E-state index is -1.25. The van der Waals surface area contributed by atoms with Crippen molar-refractivity contribution in [2.24, 2.45) is 0 Å². The largest absolute Gasteiger partial charge is 0.478 e. The van der Waals surface area contributed by atoms with Gasteiger partial charge in [0.25, 0.3) is 5.91 Å². The van der Waals surface area contributed by atoms with Crippen molar-refractivity contribution >= 4 is 17.9 Å². The van der Waals surface area contributed by atoms with Crippen molar-refractivity contribution in [3.05, 3.63) is 30.4 Å². The van der Waals surface area contributed by atoms with Gasteiger partial charge in [0.15, 0.2) is 0 Å². The first-order valence-electron chi connectivity index (χ1n) is 5.57. The van der Waals surface area contributed by atoms with Gasteiger partial charge in [-0.15, -0.1) is 0 Å². The Kier molecular flexibility index (Phi) is 3.60. The fourth-order valence-corrected chi connectivity index (χ4v) is 1.72. The second-order valence-electron chi connectivity index (χ2n) is 3.92. The van der Waals surface area contributed by atoms with Gasteiger partial charge in [-0.2, -0.15) is 0 Å². The SMILES string of the molecule is O=C(O)C=CC(=O)NC(=O)N1CCn2ccnc2C1. The van der Waals surface area contributed by atoms with Crippen LogP contribution in [0.3, 0.4) is 0 Å². The van der Waals surface area contributed by atoms with Gasteiger partial charge in [-0.1, -0.05) is 0 Å². The molecule has 0 bridgehead atoms. The first-order valence-corrected chi connectivity index (χ1v) is 5.57. The number of nitrogens with one attached hydrogen (secondary N) is 1. The van der Waals surface area contributed by atoms with E-state index >= 15 is 0 Å². The van der Waals surface area contributed by atoms with Crippen molar-refractivity contribution in [3.63, 3.8) is 0 Å². The number of amides is 3. The van der Waals surface area contributed by atoms with Crippen LogP contribution in [0.25, 0.3) is 0 Å². The molecule has 1 aliphatic rings. The number of nitrogens with zero attached hydrogens (tertiary/aromatic N) is 3. The molecule has 2 heterocycles. The third-order valence-electron chi connectivity index (χ3n) is 2.64. The highest BCUT2D eigenvalue weighted by atomic mass is 16.4. The van der Waals surface area contributed by atoms with Crippen LogP contribution in [0.2, 0.25) is 0 Å². The number of carboxylic acid groups (broad SMARTS) is 1. The summed E-state index contributed by atoms with van der Waals surface area (Å²) in [5.74, 6) is -1.26. The smallest absolute Gasteiger partial charge is 0.328 e. The Morgan fingerprint density at radius 3 is 2.84 bits per heavy atom. The van der Waals surface area contributed by atoms with E-state index in [1.54, 1.807) is 6.20 Å². The molecule has 2 N–H and O–H groups in total. The molecule has 0 unspecified atom stereocenters. The van der Waals surface area contributed by atoms with Crippen LogP contribution < -0.4 is 5.32 Å². The van der Waals surface area contributed by atoms with E-state index in [2.05, 4.69) is 10.3 Å². The number of imidazole rings is 1. The number of carbonyl (C=O) groups excluding carboxylic acids is 2. The lowest BCUT2D eigenvalue weighted by atomic mass is 10.3. The predicted octanol–water partition coefficient (Wildman–Crippen LogP) is -0.424. The lowest BCUT2D eigenvalue weighted by Crippen LogP contribution is -2.45. The van der Waals surface area contributed by atoms with Crippen LogP contribution in [0.5, 0.6) is 0 Å². The highest BCUT2D eigenvalue weighted by Gasteiger charge is 2.21. The summed E-state index contributed by atoms with van der Waals surface area (Å²) in [5.41, 5.74) is 0. The minimum absolute atomic E-state index is 0.314. The van der Waals surface area contributed by atoms with Crippen molar-refractivity contribution in [2.75, 3.05) is 6.54 Å². The maximum atomic E-state index is 11.8. The van der Waals surface area contributed by atoms with Gasteiger partial charge in [0.1, 0.15) is 5.82 Å². The van der Waals surface area contributed by atoms with Gasteiger partial charge < -0.3 is 14.6 Å². The van der Waals surface area contributed by atoms with Gasteiger partial charge in [-0.3, -0.25) is 10.1 Å². The van der Waals surface area contributed by atoms with Gasteiger partial charge in [-0.05, 0) is 0 Å². The molecule has 1 aliphatic heterocycles. The summed E-state index contributed by atoms with van der Waals surface area (Å²) in [5, 5.41) is 10.4. The van der Waals surface area contributed by atoms with Crippen LogP contribution in [-0.4, -0.2) is 44.0 Å². The van der Waals surface area contributed by atoms with Crippen molar-refractivity contribution in [2.45, 2.75) is 13.1 Å². The summed E-state index contributed by atoms with van der Waals surface area (Å²) >= 11 is 0. The standard InChI is InChI=1S/C11H12N4O4/c16-9(1-2-10(17)18)13-11(19)15-6-5-14-4-3-12-8(14)7-15/h1-4H,5-7H2,(H,17,18)(H,13,16,19). The molecular weight excluding hydrogens is 252 g/mol. The molecule has 19 heavy (non-hydrogen) atoms. The molecule has 100 valence electrons. The van der Waals surface area contributed by atoms with E-state index < -0.39 is 17.9 Å². The Bertz CT molecular complexity index is 549. The Labute approximate surface area is 108 Å². The average molecular weight is 264 g/mol. The van der Waals surface area contributed by atoms with E-state index in [9.17, 15) is 14.4 Å². The van der Waals surface area contributed by atoms with Gasteiger partial charge in [-0.25, -0.2) is 14.6 Å². The molecule has 3 amide bonds. The second kappa shape index (κ2) is 5.34.